The number of aliphatic hydroxyl groups is 1. The smallest absolute Gasteiger partial charge is 0.406 e. The van der Waals surface area contributed by atoms with Crippen LogP contribution in [0.15, 0.2) is 72.9 Å². The summed E-state index contributed by atoms with van der Waals surface area (Å²) in [6.07, 6.45) is -17.3. The second kappa shape index (κ2) is 11.7. The molecule has 2 aromatic carbocycles. The molecule has 1 aromatic heterocycles. The molecular weight excluding hydrogens is 547 g/mol. The number of aromatic nitrogens is 1. The fraction of sp³-hybridized carbons (Fsp3) is 0.320. The van der Waals surface area contributed by atoms with E-state index < -0.39 is 54.0 Å². The monoisotopic (exact) mass is 569 g/mol. The maximum absolute atomic E-state index is 13.2. The van der Waals surface area contributed by atoms with Crippen LogP contribution >= 0.6 is 0 Å². The summed E-state index contributed by atoms with van der Waals surface area (Å²) in [5.74, 6) is -1.43. The molecule has 5 nitrogen and oxygen atoms in total. The molecule has 0 bridgehead atoms. The molecule has 1 heterocycles. The van der Waals surface area contributed by atoms with Crippen molar-refractivity contribution in [1.29, 1.82) is 0 Å². The van der Waals surface area contributed by atoms with Crippen LogP contribution < -0.4 is 14.0 Å². The van der Waals surface area contributed by atoms with E-state index >= 15 is 0 Å². The van der Waals surface area contributed by atoms with Gasteiger partial charge in [-0.2, -0.15) is 13.2 Å². The van der Waals surface area contributed by atoms with Gasteiger partial charge in [0.05, 0.1) is 13.0 Å². The van der Waals surface area contributed by atoms with Crippen LogP contribution in [0.5, 0.6) is 11.5 Å². The predicted molar refractivity (Wildman–Crippen MR) is 122 cm³/mol. The number of halogens is 9. The number of ether oxygens (including phenoxy) is 2. The molecule has 1 N–H and O–H groups in total. The summed E-state index contributed by atoms with van der Waals surface area (Å²) < 4.78 is 124. The molecule has 14 heteroatoms. The lowest BCUT2D eigenvalue weighted by Gasteiger charge is -2.39. The lowest BCUT2D eigenvalue weighted by molar-refractivity contribution is -0.275. The number of benzene rings is 2. The molecule has 0 saturated heterocycles. The van der Waals surface area contributed by atoms with E-state index in [2.05, 4.69) is 14.5 Å². The van der Waals surface area contributed by atoms with Crippen LogP contribution in [0.1, 0.15) is 12.1 Å². The molecule has 3 aromatic rings. The fourth-order valence-electron chi connectivity index (χ4n) is 4.15. The Bertz CT molecular complexity index is 1160. The number of nitrogens with zero attached hydrogens (tertiary/aromatic N) is 2. The molecule has 0 aliphatic heterocycles. The van der Waals surface area contributed by atoms with Crippen molar-refractivity contribution in [2.75, 3.05) is 13.1 Å². The minimum atomic E-state index is -5.10. The lowest BCUT2D eigenvalue weighted by Crippen LogP contribution is -2.51. The molecule has 1 unspecified atom stereocenters. The zero-order chi connectivity index (χ0) is 28.9. The molecule has 1 atom stereocenters. The average molecular weight is 569 g/mol. The largest absolute Gasteiger partial charge is 0.573 e. The molecule has 0 radical (unpaired) electrons. The summed E-state index contributed by atoms with van der Waals surface area (Å²) >= 11 is 0. The molecule has 0 amide bonds. The lowest BCUT2D eigenvalue weighted by atomic mass is 10.1. The molecule has 0 fully saturated rings. The van der Waals surface area contributed by atoms with Crippen molar-refractivity contribution in [3.63, 3.8) is 0 Å². The number of rotatable bonds is 10. The second-order valence-electron chi connectivity index (χ2n) is 8.51. The van der Waals surface area contributed by atoms with Crippen molar-refractivity contribution in [3.05, 3.63) is 78.6 Å². The number of aliphatic hydroxyl groups excluding tert-OH is 1. The van der Waals surface area contributed by atoms with Crippen LogP contribution in [0.3, 0.4) is 0 Å². The van der Waals surface area contributed by atoms with E-state index in [-0.39, 0.29) is 24.3 Å². The van der Waals surface area contributed by atoms with Gasteiger partial charge >= 0.3 is 18.9 Å². The van der Waals surface area contributed by atoms with Crippen molar-refractivity contribution in [2.24, 2.45) is 0 Å². The number of hydrogen-bond donors (Lipinski definition) is 1. The highest BCUT2D eigenvalue weighted by molar-refractivity contribution is 5.62. The Morgan fingerprint density at radius 1 is 0.744 bits per heavy atom. The maximum atomic E-state index is 13.2. The van der Waals surface area contributed by atoms with E-state index in [9.17, 15) is 44.6 Å². The maximum Gasteiger partial charge on any atom is 0.573 e. The minimum Gasteiger partial charge on any atom is -0.406 e. The Kier molecular flexibility index (Phi) is 9.01. The van der Waals surface area contributed by atoms with Crippen LogP contribution in [-0.4, -0.2) is 48.2 Å². The summed E-state index contributed by atoms with van der Waals surface area (Å²) in [7, 11) is 0. The number of quaternary nitrogens is 1. The summed E-state index contributed by atoms with van der Waals surface area (Å²) in [5.41, 5.74) is 0.270. The molecular formula is C25H22F9N2O3+. The predicted octanol–water partition coefficient (Wildman–Crippen LogP) is 7.07. The highest BCUT2D eigenvalue weighted by Crippen LogP contribution is 2.41. The van der Waals surface area contributed by atoms with Gasteiger partial charge in [0.25, 0.3) is 0 Å². The quantitative estimate of drug-likeness (QED) is 0.210. The van der Waals surface area contributed by atoms with E-state index in [4.69, 9.17) is 0 Å². The highest BCUT2D eigenvalue weighted by Gasteiger charge is 2.42. The summed E-state index contributed by atoms with van der Waals surface area (Å²) in [5, 5.41) is 10.5. The van der Waals surface area contributed by atoms with Crippen molar-refractivity contribution < 1.29 is 54.1 Å². The molecule has 0 spiro atoms. The zero-order valence-corrected chi connectivity index (χ0v) is 19.9. The third-order valence-corrected chi connectivity index (χ3v) is 5.56. The van der Waals surface area contributed by atoms with Gasteiger partial charge in [-0.3, -0.25) is 9.47 Å². The van der Waals surface area contributed by atoms with Gasteiger partial charge in [-0.05, 0) is 36.4 Å². The molecule has 0 aliphatic carbocycles. The van der Waals surface area contributed by atoms with Gasteiger partial charge in [0.1, 0.15) is 35.5 Å². The van der Waals surface area contributed by atoms with Crippen molar-refractivity contribution in [3.8, 4) is 11.5 Å². The van der Waals surface area contributed by atoms with Crippen molar-refractivity contribution in [2.45, 2.75) is 37.8 Å². The van der Waals surface area contributed by atoms with E-state index in [1.54, 1.807) is 18.2 Å². The first-order valence-corrected chi connectivity index (χ1v) is 11.3. The minimum absolute atomic E-state index is 0.0221. The topological polar surface area (TPSA) is 51.6 Å². The Morgan fingerprint density at radius 3 is 1.72 bits per heavy atom. The van der Waals surface area contributed by atoms with E-state index in [1.807, 2.05) is 0 Å². The molecule has 0 saturated carbocycles. The van der Waals surface area contributed by atoms with Crippen LogP contribution in [0.25, 0.3) is 0 Å². The summed E-state index contributed by atoms with van der Waals surface area (Å²) in [6.45, 7) is -0.978. The Balaban J connectivity index is 2.20. The fourth-order valence-corrected chi connectivity index (χ4v) is 4.15. The third kappa shape index (κ3) is 9.32. The van der Waals surface area contributed by atoms with Crippen molar-refractivity contribution in [1.82, 2.24) is 9.47 Å². The second-order valence-corrected chi connectivity index (χ2v) is 8.51. The Morgan fingerprint density at radius 2 is 1.28 bits per heavy atom. The van der Waals surface area contributed by atoms with Gasteiger partial charge in [-0.15, -0.1) is 26.3 Å². The first-order valence-electron chi connectivity index (χ1n) is 11.3. The van der Waals surface area contributed by atoms with Crippen molar-refractivity contribution >= 4 is 11.4 Å². The Hall–Kier alpha value is -3.52. The highest BCUT2D eigenvalue weighted by atomic mass is 19.4. The van der Waals surface area contributed by atoms with Crippen LogP contribution in [0.2, 0.25) is 0 Å². The van der Waals surface area contributed by atoms with Crippen LogP contribution in [0, 0.1) is 0 Å². The molecule has 0 aliphatic rings. The van der Waals surface area contributed by atoms with Gasteiger partial charge in [0, 0.05) is 30.4 Å². The molecule has 3 rings (SSSR count). The van der Waals surface area contributed by atoms with Crippen LogP contribution in [-0.2, 0) is 6.42 Å². The zero-order valence-electron chi connectivity index (χ0n) is 19.9. The van der Waals surface area contributed by atoms with Crippen LogP contribution in [0.4, 0.5) is 50.9 Å². The van der Waals surface area contributed by atoms with E-state index in [0.717, 1.165) is 36.4 Å². The first kappa shape index (κ1) is 30.0. The summed E-state index contributed by atoms with van der Waals surface area (Å²) in [4.78, 5) is 4.14. The standard InChI is InChI=1S/C25H22F9N2O3/c26-23(27,28)15-20(37)16-36(12-10-17-5-1-2-11-35-17,18-6-3-8-21(13-18)38-24(29,30)31)19-7-4-9-22(14-19)39-25(32,33)34/h1-9,11,13-14,20,37H,10,12,15-16H2/q+1. The normalized spacial score (nSPS) is 13.7. The molecule has 39 heavy (non-hydrogen) atoms. The molecule has 212 valence electrons. The van der Waals surface area contributed by atoms with Gasteiger partial charge < -0.3 is 14.6 Å². The number of hydrogen-bond acceptors (Lipinski definition) is 4. The number of pyridine rings is 1. The van der Waals surface area contributed by atoms with Gasteiger partial charge in [0.15, 0.2) is 0 Å². The first-order chi connectivity index (χ1) is 18.0. The third-order valence-electron chi connectivity index (χ3n) is 5.56. The number of alkyl halides is 9. The average Bonchev–Trinajstić information content (AvgIpc) is 2.79. The van der Waals surface area contributed by atoms with Gasteiger partial charge in [-0.25, -0.2) is 0 Å². The SMILES string of the molecule is OC(CC(F)(F)F)C[N+](CCc1ccccn1)(c1cccc(OC(F)(F)F)c1)c1cccc(OC(F)(F)F)c1. The summed E-state index contributed by atoms with van der Waals surface area (Å²) in [6, 6.07) is 13.4. The van der Waals surface area contributed by atoms with E-state index in [0.29, 0.717) is 5.69 Å². The van der Waals surface area contributed by atoms with E-state index in [1.165, 1.54) is 18.3 Å². The van der Waals surface area contributed by atoms with Gasteiger partial charge in [0.2, 0.25) is 0 Å². The van der Waals surface area contributed by atoms with Gasteiger partial charge in [-0.1, -0.05) is 18.2 Å². The Labute approximate surface area is 216 Å².